The van der Waals surface area contributed by atoms with Gasteiger partial charge < -0.3 is 9.64 Å². The third-order valence-electron chi connectivity index (χ3n) is 3.38. The molecule has 2 aromatic rings. The van der Waals surface area contributed by atoms with Gasteiger partial charge in [-0.3, -0.25) is 14.9 Å². The van der Waals surface area contributed by atoms with Crippen molar-refractivity contribution in [1.82, 2.24) is 4.90 Å². The normalized spacial score (nSPS) is 11.5. The van der Waals surface area contributed by atoms with Crippen molar-refractivity contribution in [3.8, 4) is 0 Å². The Kier molecular flexibility index (Phi) is 5.71. The highest BCUT2D eigenvalue weighted by Crippen LogP contribution is 2.26. The number of ether oxygens (including phenoxy) is 1. The number of hydrogen-bond donors (Lipinski definition) is 0. The van der Waals surface area contributed by atoms with E-state index in [1.807, 2.05) is 0 Å². The predicted octanol–water partition coefficient (Wildman–Crippen LogP) is 3.23. The van der Waals surface area contributed by atoms with Crippen molar-refractivity contribution in [2.75, 3.05) is 14.1 Å². The zero-order valence-corrected chi connectivity index (χ0v) is 14.3. The molecular formula is C17H15ClN2O5. The van der Waals surface area contributed by atoms with Crippen LogP contribution in [0.3, 0.4) is 0 Å². The first-order valence-electron chi connectivity index (χ1n) is 7.22. The molecule has 7 nitrogen and oxygen atoms in total. The fraction of sp³-hybridized carbons (Fsp3) is 0.176. The molecule has 0 saturated heterocycles. The van der Waals surface area contributed by atoms with Crippen LogP contribution in [-0.2, 0) is 9.53 Å². The van der Waals surface area contributed by atoms with Gasteiger partial charge in [-0.2, -0.15) is 0 Å². The van der Waals surface area contributed by atoms with E-state index in [-0.39, 0.29) is 16.3 Å². The van der Waals surface area contributed by atoms with E-state index >= 15 is 0 Å². The van der Waals surface area contributed by atoms with Crippen LogP contribution in [0.1, 0.15) is 22.0 Å². The zero-order valence-electron chi connectivity index (χ0n) is 13.5. The number of carbonyl (C=O) groups is 2. The SMILES string of the molecule is CN(C)C(=O)[C@H](OC(=O)c1ccc([N+](=O)[O-])cc1Cl)c1ccccc1. The largest absolute Gasteiger partial charge is 0.444 e. The Bertz CT molecular complexity index is 808. The van der Waals surface area contributed by atoms with Crippen LogP contribution in [-0.4, -0.2) is 35.8 Å². The number of hydrogen-bond acceptors (Lipinski definition) is 5. The van der Waals surface area contributed by atoms with E-state index in [1.54, 1.807) is 44.4 Å². The van der Waals surface area contributed by atoms with Crippen molar-refractivity contribution in [1.29, 1.82) is 0 Å². The van der Waals surface area contributed by atoms with Gasteiger partial charge in [-0.1, -0.05) is 41.9 Å². The van der Waals surface area contributed by atoms with Crippen molar-refractivity contribution < 1.29 is 19.2 Å². The Balaban J connectivity index is 2.31. The minimum atomic E-state index is -1.14. The molecule has 0 aliphatic heterocycles. The lowest BCUT2D eigenvalue weighted by Crippen LogP contribution is -2.31. The standard InChI is InChI=1S/C17H15ClN2O5/c1-19(2)16(21)15(11-6-4-3-5-7-11)25-17(22)13-9-8-12(20(23)24)10-14(13)18/h3-10,15H,1-2H3/t15-/m1/s1. The molecule has 0 unspecified atom stereocenters. The summed E-state index contributed by atoms with van der Waals surface area (Å²) in [4.78, 5) is 36.2. The van der Waals surface area contributed by atoms with Crippen molar-refractivity contribution in [2.45, 2.75) is 6.10 Å². The fourth-order valence-electron chi connectivity index (χ4n) is 2.08. The first kappa shape index (κ1) is 18.4. The number of nitro benzene ring substituents is 1. The zero-order chi connectivity index (χ0) is 18.6. The van der Waals surface area contributed by atoms with Crippen molar-refractivity contribution in [3.05, 3.63) is 74.8 Å². The molecule has 0 bridgehead atoms. The third kappa shape index (κ3) is 4.33. The number of halogens is 1. The number of benzene rings is 2. The average molecular weight is 363 g/mol. The molecule has 1 amide bonds. The molecule has 25 heavy (non-hydrogen) atoms. The predicted molar refractivity (Wildman–Crippen MR) is 91.4 cm³/mol. The van der Waals surface area contributed by atoms with Crippen LogP contribution in [0.25, 0.3) is 0 Å². The van der Waals surface area contributed by atoms with Crippen LogP contribution in [0.4, 0.5) is 5.69 Å². The summed E-state index contributed by atoms with van der Waals surface area (Å²) in [6, 6.07) is 11.9. The summed E-state index contributed by atoms with van der Waals surface area (Å²) in [5, 5.41) is 10.6. The average Bonchev–Trinajstić information content (AvgIpc) is 2.59. The Morgan fingerprint density at radius 3 is 2.32 bits per heavy atom. The number of nitro groups is 1. The number of rotatable bonds is 5. The first-order chi connectivity index (χ1) is 11.8. The summed E-state index contributed by atoms with van der Waals surface area (Å²) >= 11 is 5.94. The van der Waals surface area contributed by atoms with Crippen LogP contribution in [0.2, 0.25) is 5.02 Å². The van der Waals surface area contributed by atoms with E-state index in [4.69, 9.17) is 16.3 Å². The van der Waals surface area contributed by atoms with E-state index < -0.39 is 22.9 Å². The maximum absolute atomic E-state index is 12.4. The molecule has 1 atom stereocenters. The van der Waals surface area contributed by atoms with Gasteiger partial charge in [-0.15, -0.1) is 0 Å². The molecule has 8 heteroatoms. The van der Waals surface area contributed by atoms with Gasteiger partial charge in [0, 0.05) is 31.8 Å². The van der Waals surface area contributed by atoms with Gasteiger partial charge in [0.05, 0.1) is 15.5 Å². The maximum atomic E-state index is 12.4. The first-order valence-corrected chi connectivity index (χ1v) is 7.60. The van der Waals surface area contributed by atoms with E-state index in [2.05, 4.69) is 0 Å². The molecule has 0 aliphatic carbocycles. The monoisotopic (exact) mass is 362 g/mol. The van der Waals surface area contributed by atoms with E-state index in [1.165, 1.54) is 11.0 Å². The number of non-ortho nitro benzene ring substituents is 1. The summed E-state index contributed by atoms with van der Waals surface area (Å²) < 4.78 is 5.34. The van der Waals surface area contributed by atoms with E-state index in [0.717, 1.165) is 12.1 Å². The highest BCUT2D eigenvalue weighted by Gasteiger charge is 2.28. The van der Waals surface area contributed by atoms with Crippen molar-refractivity contribution >= 4 is 29.2 Å². The molecule has 2 rings (SSSR count). The Labute approximate surface area is 148 Å². The molecule has 2 aromatic carbocycles. The lowest BCUT2D eigenvalue weighted by Gasteiger charge is -2.21. The van der Waals surface area contributed by atoms with Crippen LogP contribution >= 0.6 is 11.6 Å². The molecule has 0 saturated carbocycles. The Morgan fingerprint density at radius 1 is 1.16 bits per heavy atom. The van der Waals surface area contributed by atoms with Gasteiger partial charge in [0.15, 0.2) is 0 Å². The summed E-state index contributed by atoms with van der Waals surface area (Å²) in [6.07, 6.45) is -1.14. The Morgan fingerprint density at radius 2 is 1.80 bits per heavy atom. The molecule has 0 aromatic heterocycles. The molecule has 0 fully saturated rings. The second-order valence-electron chi connectivity index (χ2n) is 5.35. The molecule has 0 N–H and O–H groups in total. The van der Waals surface area contributed by atoms with Crippen LogP contribution in [0.15, 0.2) is 48.5 Å². The van der Waals surface area contributed by atoms with Gasteiger partial charge in [0.2, 0.25) is 6.10 Å². The second-order valence-corrected chi connectivity index (χ2v) is 5.76. The molecule has 0 aliphatic rings. The van der Waals surface area contributed by atoms with E-state index in [0.29, 0.717) is 5.56 Å². The van der Waals surface area contributed by atoms with Crippen LogP contribution in [0, 0.1) is 10.1 Å². The summed E-state index contributed by atoms with van der Waals surface area (Å²) in [5.74, 6) is -1.26. The summed E-state index contributed by atoms with van der Waals surface area (Å²) in [7, 11) is 3.09. The van der Waals surface area contributed by atoms with Gasteiger partial charge in [-0.25, -0.2) is 4.79 Å². The fourth-order valence-corrected chi connectivity index (χ4v) is 2.33. The number of likely N-dealkylation sites (N-methyl/N-ethyl adjacent to an activating group) is 1. The molecule has 0 radical (unpaired) electrons. The lowest BCUT2D eigenvalue weighted by molar-refractivity contribution is -0.384. The van der Waals surface area contributed by atoms with Crippen molar-refractivity contribution in [3.63, 3.8) is 0 Å². The summed E-state index contributed by atoms with van der Waals surface area (Å²) in [6.45, 7) is 0. The smallest absolute Gasteiger partial charge is 0.340 e. The van der Waals surface area contributed by atoms with Crippen LogP contribution < -0.4 is 0 Å². The topological polar surface area (TPSA) is 89.8 Å². The quantitative estimate of drug-likeness (QED) is 0.462. The molecule has 0 spiro atoms. The number of nitrogens with zero attached hydrogens (tertiary/aromatic N) is 2. The molecule has 0 heterocycles. The maximum Gasteiger partial charge on any atom is 0.340 e. The third-order valence-corrected chi connectivity index (χ3v) is 3.69. The highest BCUT2D eigenvalue weighted by atomic mass is 35.5. The van der Waals surface area contributed by atoms with E-state index in [9.17, 15) is 19.7 Å². The minimum absolute atomic E-state index is 0.0558. The minimum Gasteiger partial charge on any atom is -0.444 e. The number of esters is 1. The van der Waals surface area contributed by atoms with Crippen LogP contribution in [0.5, 0.6) is 0 Å². The van der Waals surface area contributed by atoms with Gasteiger partial charge in [0.25, 0.3) is 11.6 Å². The lowest BCUT2D eigenvalue weighted by atomic mass is 10.1. The summed E-state index contributed by atoms with van der Waals surface area (Å²) in [5.41, 5.74) is 0.206. The molecular weight excluding hydrogens is 348 g/mol. The number of amides is 1. The van der Waals surface area contributed by atoms with Gasteiger partial charge >= 0.3 is 5.97 Å². The van der Waals surface area contributed by atoms with Crippen molar-refractivity contribution in [2.24, 2.45) is 0 Å². The van der Waals surface area contributed by atoms with Gasteiger partial charge in [0.1, 0.15) is 0 Å². The van der Waals surface area contributed by atoms with Gasteiger partial charge in [-0.05, 0) is 6.07 Å². The number of carbonyl (C=O) groups excluding carboxylic acids is 2. The highest BCUT2D eigenvalue weighted by molar-refractivity contribution is 6.33. The second kappa shape index (κ2) is 7.76. The Hall–Kier alpha value is -2.93. The molecule has 130 valence electrons.